The van der Waals surface area contributed by atoms with Gasteiger partial charge in [-0.05, 0) is 86.3 Å². The van der Waals surface area contributed by atoms with Crippen LogP contribution in [-0.4, -0.2) is 53.9 Å². The second-order valence-corrected chi connectivity index (χ2v) is 17.0. The molecule has 0 rings (SSSR count). The van der Waals surface area contributed by atoms with E-state index in [1.165, 1.54) is 47.6 Å². The summed E-state index contributed by atoms with van der Waals surface area (Å²) in [7, 11) is -10.6. The molecule has 13 heteroatoms. The average Bonchev–Trinajstić information content (AvgIpc) is 3.02. The van der Waals surface area contributed by atoms with Crippen molar-refractivity contribution in [2.75, 3.05) is 5.75 Å². The van der Waals surface area contributed by atoms with Gasteiger partial charge in [-0.25, -0.2) is 30.0 Å². The van der Waals surface area contributed by atoms with E-state index < -0.39 is 45.7 Å². The highest BCUT2D eigenvalue weighted by molar-refractivity contribution is 7.95. The summed E-state index contributed by atoms with van der Waals surface area (Å²) < 4.78 is 126. The first kappa shape index (κ1) is 38.1. The summed E-state index contributed by atoms with van der Waals surface area (Å²) in [4.78, 5) is 21.8. The van der Waals surface area contributed by atoms with Gasteiger partial charge >= 0.3 is 0 Å². The lowest BCUT2D eigenvalue weighted by atomic mass is 10.1. The highest BCUT2D eigenvalue weighted by Crippen LogP contribution is 2.10. The van der Waals surface area contributed by atoms with Gasteiger partial charge < -0.3 is 0 Å². The van der Waals surface area contributed by atoms with Crippen molar-refractivity contribution >= 4 is 41.3 Å². The first-order valence-electron chi connectivity index (χ1n) is 19.1. The van der Waals surface area contributed by atoms with Gasteiger partial charge in [0.1, 0.15) is 11.0 Å². The fourth-order valence-corrected chi connectivity index (χ4v) is 5.43. The Morgan fingerprint density at radius 3 is 1.42 bits per heavy atom. The molecule has 0 unspecified atom stereocenters. The van der Waals surface area contributed by atoms with Crippen LogP contribution in [0.2, 0.25) is 0 Å². The summed E-state index contributed by atoms with van der Waals surface area (Å²) in [5, 5.41) is 6.62. The van der Waals surface area contributed by atoms with Crippen molar-refractivity contribution in [2.24, 2.45) is 17.8 Å². The molecule has 0 aromatic heterocycles. The maximum absolute atomic E-state index is 11.3. The molecular formula is C35H64N2O8S3. The zero-order valence-corrected chi connectivity index (χ0v) is 33.8. The predicted molar refractivity (Wildman–Crippen MR) is 203 cm³/mol. The summed E-state index contributed by atoms with van der Waals surface area (Å²) in [5.74, 6) is -0.298. The smallest absolute Gasteiger partial charge is 0.233 e. The number of sulfonamides is 1. The molecule has 1 N–H and O–H groups in total. The fraction of sp³-hybridized carbons (Fsp3) is 0.629. The summed E-state index contributed by atoms with van der Waals surface area (Å²) in [6, 6.07) is 0.712. The minimum Gasteiger partial charge on any atom is -0.295 e. The van der Waals surface area contributed by atoms with Crippen molar-refractivity contribution in [1.82, 2.24) is 4.72 Å². The first-order valence-corrected chi connectivity index (χ1v) is 19.8. The number of hydrogen-bond donors (Lipinski definition) is 1. The molecule has 280 valence electrons. The number of ketones is 2. The van der Waals surface area contributed by atoms with Gasteiger partial charge in [0.15, 0.2) is 31.2 Å². The lowest BCUT2D eigenvalue weighted by Crippen LogP contribution is -2.28. The SMILES string of the molecule is C/C=C(\C#N)S(=O)(=O)CC(C)C.[2H]/C(C)=C(/[2H])C(=O)C(C)C.[2H]/C(C)=C(/[2H])C(=O)CC(C)C.[2H]/C(C)=C(/[2H])S(=O)(=O)C(C)C.[2H]/C(C)=C(/[2H])S(=O)(=O)NC(C)C. The third-order valence-electron chi connectivity index (χ3n) is 4.38. The first-order chi connectivity index (χ1) is 24.9. The molecule has 0 saturated carbocycles. The lowest BCUT2D eigenvalue weighted by Gasteiger charge is -2.04. The van der Waals surface area contributed by atoms with Gasteiger partial charge in [-0.2, -0.15) is 5.26 Å². The standard InChI is InChI=1S/C8H13NO2S.C8H14O.C7H12O.C6H13NO2S.C6H12O2S/c1-4-8(5-9)12(10,11)6-7(2)3;1-4-5-8(9)6-7(2)3;1-4-5-7(8)6(2)3;1-4-5-10(8,9)7-6(2)3;1-4-5-9(7,8)6(2)3/h4,7H,6H2,1-3H3;4-5,7H,6H2,1-3H3;4-6H,1-3H3;4-7H,1-3H3;4-6H,1-3H3/b8-4+;4*5-4+/i;4*4D,5D. The summed E-state index contributed by atoms with van der Waals surface area (Å²) in [5.41, 5.74) is 0. The number of carbonyl (C=O) groups excluding carboxylic acids is 2. The highest BCUT2D eigenvalue weighted by Gasteiger charge is 2.18. The molecule has 0 aromatic carbocycles. The topological polar surface area (TPSA) is 172 Å². The average molecular weight is 745 g/mol. The summed E-state index contributed by atoms with van der Waals surface area (Å²) in [6.45, 7) is 24.2. The van der Waals surface area contributed by atoms with Crippen LogP contribution >= 0.6 is 0 Å². The van der Waals surface area contributed by atoms with E-state index in [0.29, 0.717) is 6.42 Å². The molecule has 0 atom stereocenters. The van der Waals surface area contributed by atoms with Crippen molar-refractivity contribution < 1.29 is 45.8 Å². The van der Waals surface area contributed by atoms with E-state index in [9.17, 15) is 34.8 Å². The van der Waals surface area contributed by atoms with Crippen LogP contribution in [0.3, 0.4) is 0 Å². The number of carbonyl (C=O) groups is 2. The number of allylic oxidation sites excluding steroid dienone is 8. The monoisotopic (exact) mass is 744 g/mol. The Morgan fingerprint density at radius 1 is 0.729 bits per heavy atom. The van der Waals surface area contributed by atoms with E-state index >= 15 is 0 Å². The predicted octanol–water partition coefficient (Wildman–Crippen LogP) is 7.64. The largest absolute Gasteiger partial charge is 0.295 e. The van der Waals surface area contributed by atoms with Gasteiger partial charge in [0.2, 0.25) is 10.0 Å². The van der Waals surface area contributed by atoms with Crippen LogP contribution in [0.25, 0.3) is 0 Å². The van der Waals surface area contributed by atoms with Crippen molar-refractivity contribution in [3.63, 3.8) is 0 Å². The van der Waals surface area contributed by atoms with Crippen molar-refractivity contribution in [1.29, 1.82) is 5.26 Å². The van der Waals surface area contributed by atoms with Gasteiger partial charge in [-0.1, -0.05) is 71.8 Å². The molecule has 0 heterocycles. The Bertz CT molecular complexity index is 1810. The number of nitrogens with one attached hydrogen (secondary N) is 1. The molecule has 0 saturated heterocycles. The minimum absolute atomic E-state index is 0.0405. The van der Waals surface area contributed by atoms with Gasteiger partial charge in [-0.15, -0.1) is 0 Å². The summed E-state index contributed by atoms with van der Waals surface area (Å²) >= 11 is 0. The third-order valence-corrected chi connectivity index (χ3v) is 9.47. The number of nitriles is 1. The van der Waals surface area contributed by atoms with Crippen LogP contribution in [0, 0.1) is 29.1 Å². The molecule has 0 aliphatic carbocycles. The van der Waals surface area contributed by atoms with Gasteiger partial charge in [0.25, 0.3) is 0 Å². The van der Waals surface area contributed by atoms with Crippen molar-refractivity contribution in [3.8, 4) is 6.07 Å². The molecule has 48 heavy (non-hydrogen) atoms. The molecule has 0 aromatic rings. The Kier molecular flexibility index (Phi) is 24.2. The van der Waals surface area contributed by atoms with E-state index in [1.54, 1.807) is 40.7 Å². The minimum atomic E-state index is -3.75. The molecule has 0 bridgehead atoms. The van der Waals surface area contributed by atoms with Crippen LogP contribution in [0.15, 0.2) is 58.1 Å². The molecule has 0 spiro atoms. The molecule has 10 nitrogen and oxygen atoms in total. The molecule has 0 aliphatic heterocycles. The Morgan fingerprint density at radius 2 is 1.19 bits per heavy atom. The number of hydrogen-bond acceptors (Lipinski definition) is 9. The quantitative estimate of drug-likeness (QED) is 0.147. The van der Waals surface area contributed by atoms with Gasteiger partial charge in [0.05, 0.1) is 22.0 Å². The Labute approximate surface area is 305 Å². The van der Waals surface area contributed by atoms with Crippen molar-refractivity contribution in [2.45, 2.75) is 122 Å². The van der Waals surface area contributed by atoms with Crippen LogP contribution in [-0.2, 0) is 39.3 Å². The molecule has 0 aliphatic rings. The molecule has 0 radical (unpaired) electrons. The zero-order chi connectivity index (χ0) is 46.3. The number of sulfone groups is 2. The molecule has 0 fully saturated rings. The fourth-order valence-electron chi connectivity index (χ4n) is 2.41. The Balaban J connectivity index is -0.000000194. The van der Waals surface area contributed by atoms with Crippen LogP contribution in [0.5, 0.6) is 0 Å². The van der Waals surface area contributed by atoms with E-state index in [1.807, 2.05) is 27.7 Å². The van der Waals surface area contributed by atoms with Gasteiger partial charge in [-0.3, -0.25) is 9.59 Å². The highest BCUT2D eigenvalue weighted by atomic mass is 32.2. The Hall–Kier alpha value is -2.66. The maximum Gasteiger partial charge on any atom is 0.233 e. The zero-order valence-electron chi connectivity index (χ0n) is 39.3. The van der Waals surface area contributed by atoms with E-state index in [4.69, 9.17) is 16.2 Å². The van der Waals surface area contributed by atoms with Crippen LogP contribution in [0.4, 0.5) is 0 Å². The lowest BCUT2D eigenvalue weighted by molar-refractivity contribution is -0.117. The number of nitrogens with zero attached hydrogens (tertiary/aromatic N) is 1. The van der Waals surface area contributed by atoms with E-state index in [2.05, 4.69) is 4.72 Å². The summed E-state index contributed by atoms with van der Waals surface area (Å²) in [6.07, 6.45) is 1.70. The van der Waals surface area contributed by atoms with E-state index in [-0.39, 0.29) is 82.3 Å². The van der Waals surface area contributed by atoms with Crippen molar-refractivity contribution in [3.05, 3.63) is 58.1 Å². The third kappa shape index (κ3) is 37.8. The molecular weight excluding hydrogens is 673 g/mol. The van der Waals surface area contributed by atoms with Crippen LogP contribution in [0.1, 0.15) is 121 Å². The van der Waals surface area contributed by atoms with E-state index in [0.717, 1.165) is 0 Å². The second kappa shape index (κ2) is 30.4. The van der Waals surface area contributed by atoms with Gasteiger partial charge in [0, 0.05) is 29.1 Å². The number of rotatable bonds is 13. The molecule has 0 amide bonds. The normalized spacial score (nSPS) is 16.4. The second-order valence-electron chi connectivity index (χ2n) is 11.3. The van der Waals surface area contributed by atoms with Crippen LogP contribution < -0.4 is 4.72 Å². The maximum atomic E-state index is 11.3.